The molecule has 0 bridgehead atoms. The number of ether oxygens (including phenoxy) is 1. The zero-order chi connectivity index (χ0) is 9.61. The van der Waals surface area contributed by atoms with Crippen molar-refractivity contribution < 1.29 is 4.74 Å². The van der Waals surface area contributed by atoms with E-state index < -0.39 is 11.5 Å². The summed E-state index contributed by atoms with van der Waals surface area (Å²) in [4.78, 5) is 0. The van der Waals surface area contributed by atoms with Gasteiger partial charge in [0.05, 0.1) is 12.1 Å². The predicted octanol–water partition coefficient (Wildman–Crippen LogP) is 0.0821. The minimum atomic E-state index is -1.97. The van der Waals surface area contributed by atoms with Gasteiger partial charge in [-0.05, 0) is 0 Å². The molecule has 0 unspecified atom stereocenters. The molecule has 12 heavy (non-hydrogen) atoms. The monoisotopic (exact) mass is 160 g/mol. The Labute approximate surface area is 69.6 Å². The highest BCUT2D eigenvalue weighted by Gasteiger charge is 2.40. The van der Waals surface area contributed by atoms with Crippen molar-refractivity contribution in [2.75, 3.05) is 7.11 Å². The van der Waals surface area contributed by atoms with Crippen molar-refractivity contribution in [1.82, 2.24) is 0 Å². The van der Waals surface area contributed by atoms with Crippen molar-refractivity contribution in [3.8, 4) is 24.3 Å². The molecule has 0 N–H and O–H groups in total. The number of hydrogen-bond donors (Lipinski definition) is 0. The largest absolute Gasteiger partial charge is 0.350 e. The van der Waals surface area contributed by atoms with Crippen LogP contribution in [0.2, 0.25) is 0 Å². The third-order valence-corrected chi connectivity index (χ3v) is 1.32. The molecule has 0 heterocycles. The van der Waals surface area contributed by atoms with Crippen molar-refractivity contribution >= 4 is 0 Å². The molecule has 0 aliphatic heterocycles. The van der Waals surface area contributed by atoms with E-state index in [-0.39, 0.29) is 0 Å². The lowest BCUT2D eigenvalue weighted by atomic mass is 9.92. The van der Waals surface area contributed by atoms with Crippen LogP contribution in [0, 0.1) is 51.2 Å². The summed E-state index contributed by atoms with van der Waals surface area (Å²) in [6, 6.07) is 6.01. The van der Waals surface area contributed by atoms with Gasteiger partial charge >= 0.3 is 0 Å². The predicted molar refractivity (Wildman–Crippen MR) is 35.7 cm³/mol. The molecule has 58 valence electrons. The van der Waals surface area contributed by atoms with Crippen molar-refractivity contribution in [2.45, 2.75) is 5.60 Å². The Balaban J connectivity index is 5.08. The van der Waals surface area contributed by atoms with Gasteiger partial charge in [-0.1, -0.05) is 0 Å². The molecule has 0 rings (SSSR count). The molecule has 5 heteroatoms. The van der Waals surface area contributed by atoms with Gasteiger partial charge in [0.25, 0.3) is 5.60 Å². The normalized spacial score (nSPS) is 9.17. The summed E-state index contributed by atoms with van der Waals surface area (Å²) in [7, 11) is 1.11. The third kappa shape index (κ3) is 1.32. The molecule has 0 aliphatic rings. The fourth-order valence-corrected chi connectivity index (χ4v) is 0.574. The van der Waals surface area contributed by atoms with Gasteiger partial charge in [-0.25, -0.2) is 0 Å². The Bertz CT molecular complexity index is 293. The summed E-state index contributed by atoms with van der Waals surface area (Å²) < 4.78 is 4.51. The summed E-state index contributed by atoms with van der Waals surface area (Å²) in [6.45, 7) is 0. The lowest BCUT2D eigenvalue weighted by Gasteiger charge is -2.15. The molecule has 0 aliphatic carbocycles. The second-order valence-electron chi connectivity index (χ2n) is 1.85. The summed E-state index contributed by atoms with van der Waals surface area (Å²) in [5.41, 5.74) is -1.97. The number of rotatable bonds is 2. The van der Waals surface area contributed by atoms with Gasteiger partial charge in [-0.3, -0.25) is 0 Å². The van der Waals surface area contributed by atoms with Gasteiger partial charge in [0, 0.05) is 7.11 Å². The fourth-order valence-electron chi connectivity index (χ4n) is 0.574. The molecule has 0 aromatic heterocycles. The van der Waals surface area contributed by atoms with Gasteiger partial charge in [-0.15, -0.1) is 0 Å². The zero-order valence-electron chi connectivity index (χ0n) is 6.27. The molecule has 0 atom stereocenters. The molecule has 0 saturated heterocycles. The Morgan fingerprint density at radius 2 is 1.50 bits per heavy atom. The molecule has 0 radical (unpaired) electrons. The molecule has 0 saturated carbocycles. The first-order valence-corrected chi connectivity index (χ1v) is 2.87. The van der Waals surface area contributed by atoms with Crippen LogP contribution in [0.4, 0.5) is 0 Å². The van der Waals surface area contributed by atoms with Gasteiger partial charge in [0.1, 0.15) is 12.1 Å². The average Bonchev–Trinajstić information content (AvgIpc) is 2.14. The van der Waals surface area contributed by atoms with Gasteiger partial charge in [0.2, 0.25) is 0 Å². The maximum absolute atomic E-state index is 8.51. The highest BCUT2D eigenvalue weighted by Crippen LogP contribution is 2.18. The minimum absolute atomic E-state index is 1.11. The van der Waals surface area contributed by atoms with Crippen LogP contribution in [-0.4, -0.2) is 12.7 Å². The van der Waals surface area contributed by atoms with Crippen LogP contribution >= 0.6 is 0 Å². The number of hydrogen-bond acceptors (Lipinski definition) is 5. The first kappa shape index (κ1) is 9.92. The first-order chi connectivity index (χ1) is 5.70. The summed E-state index contributed by atoms with van der Waals surface area (Å²) >= 11 is 0. The Hall–Kier alpha value is -2.08. The second kappa shape index (κ2) is 3.94. The molecule has 0 aromatic rings. The van der Waals surface area contributed by atoms with Crippen LogP contribution in [0.15, 0.2) is 0 Å². The highest BCUT2D eigenvalue weighted by molar-refractivity contribution is 5.29. The van der Waals surface area contributed by atoms with E-state index in [1.165, 1.54) is 24.3 Å². The van der Waals surface area contributed by atoms with Crippen molar-refractivity contribution in [3.05, 3.63) is 0 Å². The number of nitrogens with zero attached hydrogens (tertiary/aromatic N) is 4. The van der Waals surface area contributed by atoms with Gasteiger partial charge in [-0.2, -0.15) is 21.0 Å². The summed E-state index contributed by atoms with van der Waals surface area (Å²) in [5, 5.41) is 33.8. The fraction of sp³-hybridized carbons (Fsp3) is 0.429. The molecule has 0 fully saturated rings. The molecule has 0 spiro atoms. The van der Waals surface area contributed by atoms with E-state index in [9.17, 15) is 0 Å². The highest BCUT2D eigenvalue weighted by atomic mass is 16.5. The topological polar surface area (TPSA) is 104 Å². The average molecular weight is 160 g/mol. The van der Waals surface area contributed by atoms with E-state index in [1.54, 1.807) is 0 Å². The maximum atomic E-state index is 8.51. The van der Waals surface area contributed by atoms with Crippen LogP contribution in [-0.2, 0) is 4.74 Å². The van der Waals surface area contributed by atoms with E-state index in [2.05, 4.69) is 4.74 Å². The molecule has 0 amide bonds. The first-order valence-electron chi connectivity index (χ1n) is 2.87. The number of methoxy groups -OCH3 is 1. The lowest BCUT2D eigenvalue weighted by Crippen LogP contribution is -2.35. The Kier molecular flexibility index (Phi) is 3.26. The quantitative estimate of drug-likeness (QED) is 0.568. The van der Waals surface area contributed by atoms with Crippen LogP contribution in [0.3, 0.4) is 0 Å². The number of nitriles is 4. The molecule has 0 aromatic carbocycles. The van der Waals surface area contributed by atoms with E-state index in [4.69, 9.17) is 21.0 Å². The third-order valence-electron chi connectivity index (χ3n) is 1.32. The minimum Gasteiger partial charge on any atom is -0.350 e. The van der Waals surface area contributed by atoms with Gasteiger partial charge < -0.3 is 4.74 Å². The van der Waals surface area contributed by atoms with Crippen molar-refractivity contribution in [3.63, 3.8) is 0 Å². The van der Waals surface area contributed by atoms with E-state index in [0.29, 0.717) is 0 Å². The molecular formula is C7H4N4O. The maximum Gasteiger partial charge on any atom is 0.270 e. The Morgan fingerprint density at radius 1 is 1.08 bits per heavy atom. The standard InChI is InChI=1S/C7H4N4O/c1-12-7(4-10,5-11)6(2-8)3-9/h6H,1H3. The lowest BCUT2D eigenvalue weighted by molar-refractivity contribution is 0.0705. The van der Waals surface area contributed by atoms with Crippen LogP contribution in [0.1, 0.15) is 0 Å². The van der Waals surface area contributed by atoms with Crippen LogP contribution in [0.25, 0.3) is 0 Å². The second-order valence-corrected chi connectivity index (χ2v) is 1.85. The van der Waals surface area contributed by atoms with E-state index >= 15 is 0 Å². The molecule has 5 nitrogen and oxygen atoms in total. The zero-order valence-corrected chi connectivity index (χ0v) is 6.27. The van der Waals surface area contributed by atoms with Crippen LogP contribution in [0.5, 0.6) is 0 Å². The Morgan fingerprint density at radius 3 is 1.58 bits per heavy atom. The van der Waals surface area contributed by atoms with Gasteiger partial charge in [0.15, 0.2) is 5.92 Å². The van der Waals surface area contributed by atoms with Crippen molar-refractivity contribution in [1.29, 1.82) is 21.0 Å². The summed E-state index contributed by atoms with van der Waals surface area (Å²) in [5.74, 6) is -1.39. The van der Waals surface area contributed by atoms with Crippen LogP contribution < -0.4 is 0 Å². The van der Waals surface area contributed by atoms with E-state index in [1.807, 2.05) is 0 Å². The van der Waals surface area contributed by atoms with Crippen molar-refractivity contribution in [2.24, 2.45) is 5.92 Å². The van der Waals surface area contributed by atoms with E-state index in [0.717, 1.165) is 7.11 Å². The summed E-state index contributed by atoms with van der Waals surface area (Å²) in [6.07, 6.45) is 0. The molecular weight excluding hydrogens is 156 g/mol. The smallest absolute Gasteiger partial charge is 0.270 e. The SMILES string of the molecule is COC(C#N)(C#N)C(C#N)C#N.